The zero-order chi connectivity index (χ0) is 16.5. The number of thiophene rings is 1. The first-order valence-corrected chi connectivity index (χ1v) is 9.32. The summed E-state index contributed by atoms with van der Waals surface area (Å²) in [6.45, 7) is 0. The first-order valence-electron chi connectivity index (χ1n) is 7.45. The van der Waals surface area contributed by atoms with E-state index < -0.39 is 0 Å². The average Bonchev–Trinajstić information content (AvgIpc) is 3.18. The van der Waals surface area contributed by atoms with E-state index in [9.17, 15) is 4.39 Å². The molecule has 0 aliphatic rings. The van der Waals surface area contributed by atoms with Crippen molar-refractivity contribution < 1.29 is 4.39 Å². The van der Waals surface area contributed by atoms with E-state index in [0.29, 0.717) is 0 Å². The Morgan fingerprint density at radius 1 is 1.08 bits per heavy atom. The van der Waals surface area contributed by atoms with Gasteiger partial charge in [-0.05, 0) is 23.8 Å². The normalized spacial score (nSPS) is 11.2. The van der Waals surface area contributed by atoms with Gasteiger partial charge in [0.1, 0.15) is 5.82 Å². The molecule has 0 saturated carbocycles. The predicted octanol–water partition coefficient (Wildman–Crippen LogP) is 5.13. The van der Waals surface area contributed by atoms with Crippen LogP contribution >= 0.6 is 23.1 Å². The van der Waals surface area contributed by atoms with Crippen LogP contribution in [0.3, 0.4) is 0 Å². The van der Waals surface area contributed by atoms with Gasteiger partial charge in [-0.1, -0.05) is 42.1 Å². The lowest BCUT2D eigenvalue weighted by molar-refractivity contribution is 0.627. The first-order chi connectivity index (χ1) is 11.7. The molecular weight excluding hydrogens is 341 g/mol. The lowest BCUT2D eigenvalue weighted by Gasteiger charge is -2.04. The van der Waals surface area contributed by atoms with Crippen LogP contribution < -0.4 is 0 Å². The molecule has 6 heteroatoms. The van der Waals surface area contributed by atoms with E-state index in [-0.39, 0.29) is 5.82 Å². The van der Waals surface area contributed by atoms with Gasteiger partial charge in [0.05, 0.1) is 0 Å². The highest BCUT2D eigenvalue weighted by molar-refractivity contribution is 7.98. The van der Waals surface area contributed by atoms with Gasteiger partial charge in [-0.15, -0.1) is 21.5 Å². The summed E-state index contributed by atoms with van der Waals surface area (Å²) < 4.78 is 16.2. The van der Waals surface area contributed by atoms with Gasteiger partial charge < -0.3 is 4.57 Å². The van der Waals surface area contributed by atoms with Crippen LogP contribution in [0.1, 0.15) is 5.56 Å². The molecule has 0 spiro atoms. The minimum atomic E-state index is -0.214. The van der Waals surface area contributed by atoms with Crippen molar-refractivity contribution in [3.05, 3.63) is 65.3 Å². The number of aromatic nitrogens is 3. The van der Waals surface area contributed by atoms with Gasteiger partial charge in [-0.25, -0.2) is 4.39 Å². The SMILES string of the molecule is Cn1c(SCc2ccc(F)cc2)nnc1-c1csc2ccccc12. The monoisotopic (exact) mass is 355 g/mol. The van der Waals surface area contributed by atoms with Crippen molar-refractivity contribution in [1.82, 2.24) is 14.8 Å². The highest BCUT2D eigenvalue weighted by Crippen LogP contribution is 2.34. The van der Waals surface area contributed by atoms with Gasteiger partial charge in [0, 0.05) is 33.8 Å². The highest BCUT2D eigenvalue weighted by atomic mass is 32.2. The van der Waals surface area contributed by atoms with E-state index >= 15 is 0 Å². The Kier molecular flexibility index (Phi) is 4.08. The number of hydrogen-bond acceptors (Lipinski definition) is 4. The van der Waals surface area contributed by atoms with E-state index in [1.165, 1.54) is 22.2 Å². The van der Waals surface area contributed by atoms with Crippen LogP contribution in [-0.4, -0.2) is 14.8 Å². The number of benzene rings is 2. The molecule has 0 N–H and O–H groups in total. The lowest BCUT2D eigenvalue weighted by Crippen LogP contribution is -1.94. The Hall–Kier alpha value is -2.18. The molecule has 4 aromatic rings. The number of rotatable bonds is 4. The third kappa shape index (κ3) is 2.83. The summed E-state index contributed by atoms with van der Waals surface area (Å²) in [6, 6.07) is 14.9. The number of halogens is 1. The number of hydrogen-bond donors (Lipinski definition) is 0. The summed E-state index contributed by atoms with van der Waals surface area (Å²) in [6.07, 6.45) is 0. The molecule has 2 aromatic heterocycles. The van der Waals surface area contributed by atoms with Crippen molar-refractivity contribution in [2.75, 3.05) is 0 Å². The fraction of sp³-hybridized carbons (Fsp3) is 0.111. The third-order valence-corrected chi connectivity index (χ3v) is 5.89. The van der Waals surface area contributed by atoms with E-state index in [1.54, 1.807) is 35.2 Å². The largest absolute Gasteiger partial charge is 0.305 e. The van der Waals surface area contributed by atoms with Crippen LogP contribution in [0.15, 0.2) is 59.1 Å². The summed E-state index contributed by atoms with van der Waals surface area (Å²) in [7, 11) is 1.98. The Morgan fingerprint density at radius 2 is 1.88 bits per heavy atom. The minimum absolute atomic E-state index is 0.214. The first kappa shape index (κ1) is 15.4. The summed E-state index contributed by atoms with van der Waals surface area (Å²) in [4.78, 5) is 0. The van der Waals surface area contributed by atoms with Crippen molar-refractivity contribution in [1.29, 1.82) is 0 Å². The minimum Gasteiger partial charge on any atom is -0.305 e. The van der Waals surface area contributed by atoms with Crippen molar-refractivity contribution in [2.45, 2.75) is 10.9 Å². The van der Waals surface area contributed by atoms with Crippen molar-refractivity contribution >= 4 is 33.2 Å². The molecule has 0 aliphatic heterocycles. The van der Waals surface area contributed by atoms with Crippen LogP contribution in [0, 0.1) is 5.82 Å². The van der Waals surface area contributed by atoms with Crippen molar-refractivity contribution in [3.63, 3.8) is 0 Å². The number of nitrogens with zero attached hydrogens (tertiary/aromatic N) is 3. The van der Waals surface area contributed by atoms with Gasteiger partial charge in [0.15, 0.2) is 11.0 Å². The number of thioether (sulfide) groups is 1. The number of fused-ring (bicyclic) bond motifs is 1. The molecule has 0 fully saturated rings. The molecule has 3 nitrogen and oxygen atoms in total. The maximum absolute atomic E-state index is 13.0. The van der Waals surface area contributed by atoms with Crippen molar-refractivity contribution in [2.24, 2.45) is 7.05 Å². The second kappa shape index (κ2) is 6.37. The highest BCUT2D eigenvalue weighted by Gasteiger charge is 2.15. The quantitative estimate of drug-likeness (QED) is 0.476. The fourth-order valence-electron chi connectivity index (χ4n) is 2.55. The standard InChI is InChI=1S/C18H14FN3S2/c1-22-17(15-11-23-16-5-3-2-4-14(15)16)20-21-18(22)24-10-12-6-8-13(19)9-7-12/h2-9,11H,10H2,1H3. The lowest BCUT2D eigenvalue weighted by atomic mass is 10.2. The molecule has 0 radical (unpaired) electrons. The fourth-order valence-corrected chi connectivity index (χ4v) is 4.36. The molecule has 24 heavy (non-hydrogen) atoms. The second-order valence-corrected chi connectivity index (χ2v) is 7.28. The van der Waals surface area contributed by atoms with Gasteiger partial charge >= 0.3 is 0 Å². The Bertz CT molecular complexity index is 989. The molecule has 0 amide bonds. The molecule has 0 bridgehead atoms. The molecular formula is C18H14FN3S2. The van der Waals surface area contributed by atoms with Crippen molar-refractivity contribution in [3.8, 4) is 11.4 Å². The maximum Gasteiger partial charge on any atom is 0.191 e. The van der Waals surface area contributed by atoms with Gasteiger partial charge in [-0.2, -0.15) is 0 Å². The average molecular weight is 355 g/mol. The predicted molar refractivity (Wildman–Crippen MR) is 97.8 cm³/mol. The summed E-state index contributed by atoms with van der Waals surface area (Å²) in [5.74, 6) is 1.39. The van der Waals surface area contributed by atoms with Crippen LogP contribution in [-0.2, 0) is 12.8 Å². The van der Waals surface area contributed by atoms with E-state index in [2.05, 4.69) is 27.7 Å². The third-order valence-electron chi connectivity index (χ3n) is 3.84. The van der Waals surface area contributed by atoms with Crippen LogP contribution in [0.2, 0.25) is 0 Å². The molecule has 2 heterocycles. The van der Waals surface area contributed by atoms with Gasteiger partial charge in [0.2, 0.25) is 0 Å². The topological polar surface area (TPSA) is 30.7 Å². The van der Waals surface area contributed by atoms with E-state index in [1.807, 2.05) is 23.7 Å². The molecule has 120 valence electrons. The molecule has 0 atom stereocenters. The van der Waals surface area contributed by atoms with Crippen LogP contribution in [0.4, 0.5) is 4.39 Å². The zero-order valence-electron chi connectivity index (χ0n) is 12.9. The molecule has 0 unspecified atom stereocenters. The molecule has 2 aromatic carbocycles. The maximum atomic E-state index is 13.0. The molecule has 0 aliphatic carbocycles. The van der Waals surface area contributed by atoms with E-state index in [4.69, 9.17) is 0 Å². The van der Waals surface area contributed by atoms with E-state index in [0.717, 1.165) is 27.9 Å². The Labute approximate surface area is 147 Å². The smallest absolute Gasteiger partial charge is 0.191 e. The summed E-state index contributed by atoms with van der Waals surface area (Å²) >= 11 is 3.31. The van der Waals surface area contributed by atoms with Gasteiger partial charge in [0.25, 0.3) is 0 Å². The Balaban J connectivity index is 1.60. The molecule has 4 rings (SSSR count). The summed E-state index contributed by atoms with van der Waals surface area (Å²) in [5.41, 5.74) is 2.17. The van der Waals surface area contributed by atoms with Crippen LogP contribution in [0.5, 0.6) is 0 Å². The summed E-state index contributed by atoms with van der Waals surface area (Å²) in [5, 5.41) is 12.9. The Morgan fingerprint density at radius 3 is 2.71 bits per heavy atom. The zero-order valence-corrected chi connectivity index (χ0v) is 14.6. The second-order valence-electron chi connectivity index (χ2n) is 5.43. The van der Waals surface area contributed by atoms with Gasteiger partial charge in [-0.3, -0.25) is 0 Å². The van der Waals surface area contributed by atoms with Crippen LogP contribution in [0.25, 0.3) is 21.5 Å². The molecule has 0 saturated heterocycles.